The Kier molecular flexibility index (Phi) is 4.48. The molecule has 6 nitrogen and oxygen atoms in total. The van der Waals surface area contributed by atoms with Gasteiger partial charge in [-0.25, -0.2) is 4.68 Å². The molecule has 1 aromatic carbocycles. The van der Waals surface area contributed by atoms with Gasteiger partial charge in [0.15, 0.2) is 5.82 Å². The highest BCUT2D eigenvalue weighted by Crippen LogP contribution is 2.23. The minimum Gasteiger partial charge on any atom is -0.485 e. The number of hydrogen-bond acceptors (Lipinski definition) is 6. The van der Waals surface area contributed by atoms with Crippen LogP contribution in [0.2, 0.25) is 0 Å². The highest BCUT2D eigenvalue weighted by Gasteiger charge is 2.11. The summed E-state index contributed by atoms with van der Waals surface area (Å²) in [5, 5.41) is 17.0. The summed E-state index contributed by atoms with van der Waals surface area (Å²) in [5.41, 5.74) is 2.12. The monoisotopic (exact) mass is 289 g/mol. The summed E-state index contributed by atoms with van der Waals surface area (Å²) in [7, 11) is 0. The molecule has 7 heteroatoms. The number of ether oxygens (including phenoxy) is 1. The van der Waals surface area contributed by atoms with Crippen LogP contribution in [0.25, 0.3) is 0 Å². The predicted octanol–water partition coefficient (Wildman–Crippen LogP) is 1.80. The summed E-state index contributed by atoms with van der Waals surface area (Å²) in [6, 6.07) is 7.99. The molecule has 2 N–H and O–H groups in total. The van der Waals surface area contributed by atoms with Gasteiger partial charge in [0.25, 0.3) is 0 Å². The van der Waals surface area contributed by atoms with E-state index in [0.29, 0.717) is 11.0 Å². The molecule has 20 heavy (non-hydrogen) atoms. The van der Waals surface area contributed by atoms with Gasteiger partial charge in [-0.2, -0.15) is 5.26 Å². The molecule has 0 atom stereocenters. The molecule has 2 rings (SSSR count). The Balaban J connectivity index is 2.08. The van der Waals surface area contributed by atoms with Gasteiger partial charge in [0.05, 0.1) is 11.8 Å². The second-order valence-corrected chi connectivity index (χ2v) is 5.17. The van der Waals surface area contributed by atoms with E-state index in [1.165, 1.54) is 16.4 Å². The van der Waals surface area contributed by atoms with Gasteiger partial charge in [-0.05, 0) is 25.0 Å². The number of hydrogen-bond donors (Lipinski definition) is 1. The third-order valence-corrected chi connectivity index (χ3v) is 3.57. The van der Waals surface area contributed by atoms with Crippen LogP contribution in [0.4, 0.5) is 0 Å². The summed E-state index contributed by atoms with van der Waals surface area (Å²) < 4.78 is 7.13. The van der Waals surface area contributed by atoms with Crippen molar-refractivity contribution in [3.8, 4) is 11.8 Å². The third-order valence-electron chi connectivity index (χ3n) is 2.76. The van der Waals surface area contributed by atoms with Crippen molar-refractivity contribution in [3.05, 3.63) is 35.2 Å². The second kappa shape index (κ2) is 6.30. The Morgan fingerprint density at radius 2 is 2.05 bits per heavy atom. The van der Waals surface area contributed by atoms with E-state index in [1.54, 1.807) is 0 Å². The standard InChI is InChI=1S/C13H15N5OS/c1-9-4-3-5-10(2)12(9)19-8-11-16-17-13(18(11)15)20-7-6-14/h3-5H,7-8,15H2,1-2H3. The van der Waals surface area contributed by atoms with Crippen molar-refractivity contribution < 1.29 is 4.74 Å². The molecule has 1 aromatic heterocycles. The number of nitrogens with zero attached hydrogens (tertiary/aromatic N) is 4. The smallest absolute Gasteiger partial charge is 0.210 e. The lowest BCUT2D eigenvalue weighted by Gasteiger charge is -2.11. The van der Waals surface area contributed by atoms with Crippen LogP contribution in [0.15, 0.2) is 23.4 Å². The largest absolute Gasteiger partial charge is 0.485 e. The molecule has 0 aliphatic carbocycles. The minimum atomic E-state index is 0.238. The van der Waals surface area contributed by atoms with Crippen LogP contribution in [0.3, 0.4) is 0 Å². The van der Waals surface area contributed by atoms with Crippen molar-refractivity contribution in [3.63, 3.8) is 0 Å². The third kappa shape index (κ3) is 3.03. The molecular formula is C13H15N5OS. The predicted molar refractivity (Wildman–Crippen MR) is 76.8 cm³/mol. The topological polar surface area (TPSA) is 89.8 Å². The van der Waals surface area contributed by atoms with Crippen molar-refractivity contribution in [2.45, 2.75) is 25.6 Å². The average Bonchev–Trinajstić information content (AvgIpc) is 2.77. The Labute approximate surface area is 121 Å². The lowest BCUT2D eigenvalue weighted by molar-refractivity contribution is 0.288. The molecule has 2 aromatic rings. The van der Waals surface area contributed by atoms with E-state index in [-0.39, 0.29) is 12.4 Å². The number of benzene rings is 1. The molecule has 0 amide bonds. The van der Waals surface area contributed by atoms with E-state index in [0.717, 1.165) is 16.9 Å². The molecule has 0 saturated heterocycles. The van der Waals surface area contributed by atoms with Crippen molar-refractivity contribution in [2.75, 3.05) is 11.6 Å². The lowest BCUT2D eigenvalue weighted by atomic mass is 10.1. The molecule has 0 fully saturated rings. The van der Waals surface area contributed by atoms with Crippen LogP contribution in [-0.4, -0.2) is 20.6 Å². The van der Waals surface area contributed by atoms with Gasteiger partial charge in [-0.15, -0.1) is 10.2 Å². The summed E-state index contributed by atoms with van der Waals surface area (Å²) in [6.07, 6.45) is 0. The number of aryl methyl sites for hydroxylation is 2. The number of para-hydroxylation sites is 1. The van der Waals surface area contributed by atoms with Crippen LogP contribution >= 0.6 is 11.8 Å². The summed E-state index contributed by atoms with van der Waals surface area (Å²) in [6.45, 7) is 4.22. The molecule has 0 radical (unpaired) electrons. The first kappa shape index (κ1) is 14.2. The summed E-state index contributed by atoms with van der Waals surface area (Å²) in [4.78, 5) is 0. The Bertz CT molecular complexity index is 626. The molecular weight excluding hydrogens is 274 g/mol. The van der Waals surface area contributed by atoms with Crippen LogP contribution in [0.1, 0.15) is 17.0 Å². The van der Waals surface area contributed by atoms with E-state index in [4.69, 9.17) is 15.8 Å². The van der Waals surface area contributed by atoms with E-state index in [1.807, 2.05) is 38.1 Å². The van der Waals surface area contributed by atoms with Gasteiger partial charge in [0, 0.05) is 0 Å². The van der Waals surface area contributed by atoms with E-state index >= 15 is 0 Å². The molecule has 0 bridgehead atoms. The maximum absolute atomic E-state index is 8.54. The van der Waals surface area contributed by atoms with Crippen LogP contribution < -0.4 is 10.6 Å². The van der Waals surface area contributed by atoms with Crippen LogP contribution in [0, 0.1) is 25.2 Å². The number of rotatable bonds is 5. The first-order valence-corrected chi connectivity index (χ1v) is 7.00. The van der Waals surface area contributed by atoms with E-state index < -0.39 is 0 Å². The van der Waals surface area contributed by atoms with Crippen molar-refractivity contribution in [1.29, 1.82) is 5.26 Å². The van der Waals surface area contributed by atoms with Gasteiger partial charge in [-0.3, -0.25) is 0 Å². The molecule has 0 spiro atoms. The van der Waals surface area contributed by atoms with Crippen molar-refractivity contribution in [2.24, 2.45) is 0 Å². The quantitative estimate of drug-likeness (QED) is 0.667. The molecule has 1 heterocycles. The Hall–Kier alpha value is -2.20. The molecule has 0 unspecified atom stereocenters. The van der Waals surface area contributed by atoms with Gasteiger partial charge in [-0.1, -0.05) is 30.0 Å². The molecule has 104 valence electrons. The summed E-state index contributed by atoms with van der Waals surface area (Å²) in [5.74, 6) is 7.51. The maximum atomic E-state index is 8.54. The number of nitriles is 1. The van der Waals surface area contributed by atoms with Gasteiger partial charge in [0.1, 0.15) is 12.4 Å². The van der Waals surface area contributed by atoms with Crippen LogP contribution in [-0.2, 0) is 6.61 Å². The fourth-order valence-corrected chi connectivity index (χ4v) is 2.30. The Morgan fingerprint density at radius 1 is 1.35 bits per heavy atom. The van der Waals surface area contributed by atoms with Gasteiger partial charge >= 0.3 is 0 Å². The van der Waals surface area contributed by atoms with E-state index in [9.17, 15) is 0 Å². The first-order valence-electron chi connectivity index (χ1n) is 6.01. The van der Waals surface area contributed by atoms with Crippen LogP contribution in [0.5, 0.6) is 5.75 Å². The zero-order valence-corrected chi connectivity index (χ0v) is 12.1. The zero-order valence-electron chi connectivity index (χ0n) is 11.3. The van der Waals surface area contributed by atoms with Crippen molar-refractivity contribution >= 4 is 11.8 Å². The summed E-state index contributed by atoms with van der Waals surface area (Å²) >= 11 is 1.24. The van der Waals surface area contributed by atoms with Gasteiger partial charge in [0.2, 0.25) is 5.16 Å². The Morgan fingerprint density at radius 3 is 2.70 bits per heavy atom. The fraction of sp³-hybridized carbons (Fsp3) is 0.308. The number of nitrogens with two attached hydrogens (primary N) is 1. The maximum Gasteiger partial charge on any atom is 0.210 e. The normalized spacial score (nSPS) is 10.2. The highest BCUT2D eigenvalue weighted by atomic mass is 32.2. The number of thioether (sulfide) groups is 1. The highest BCUT2D eigenvalue weighted by molar-refractivity contribution is 7.99. The average molecular weight is 289 g/mol. The second-order valence-electron chi connectivity index (χ2n) is 4.23. The number of aromatic nitrogens is 3. The number of nitrogen functional groups attached to an aromatic ring is 1. The molecule has 0 saturated carbocycles. The lowest BCUT2D eigenvalue weighted by Crippen LogP contribution is -2.16. The molecule has 0 aliphatic rings. The molecule has 0 aliphatic heterocycles. The van der Waals surface area contributed by atoms with Crippen molar-refractivity contribution in [1.82, 2.24) is 14.9 Å². The van der Waals surface area contributed by atoms with E-state index in [2.05, 4.69) is 10.2 Å². The zero-order chi connectivity index (χ0) is 14.5. The minimum absolute atomic E-state index is 0.238. The van der Waals surface area contributed by atoms with Gasteiger partial charge < -0.3 is 10.6 Å². The first-order chi connectivity index (χ1) is 9.63. The SMILES string of the molecule is Cc1cccc(C)c1OCc1nnc(SCC#N)n1N. The fourth-order valence-electron chi connectivity index (χ4n) is 1.76.